The number of likely N-dealkylation sites (tertiary alicyclic amines) is 1. The number of carbonyl (C=O) groups is 1. The number of benzene rings is 1. The Balaban J connectivity index is 1.66. The van der Waals surface area contributed by atoms with E-state index in [0.717, 1.165) is 18.5 Å². The molecule has 1 aliphatic rings. The average molecular weight is 328 g/mol. The molecule has 3 rings (SSSR count). The lowest BCUT2D eigenvalue weighted by Crippen LogP contribution is -2.36. The second kappa shape index (κ2) is 6.26. The van der Waals surface area contributed by atoms with E-state index >= 15 is 0 Å². The second-order valence-electron chi connectivity index (χ2n) is 7.42. The fourth-order valence-electron chi connectivity index (χ4n) is 3.13. The van der Waals surface area contributed by atoms with Gasteiger partial charge in [-0.2, -0.15) is 5.10 Å². The van der Waals surface area contributed by atoms with Crippen LogP contribution in [0.3, 0.4) is 0 Å². The molecule has 6 heteroatoms. The smallest absolute Gasteiger partial charge is 0.338 e. The molecule has 128 valence electrons. The van der Waals surface area contributed by atoms with Crippen molar-refractivity contribution in [3.05, 3.63) is 52.7 Å². The summed E-state index contributed by atoms with van der Waals surface area (Å²) in [6.45, 7) is 7.90. The van der Waals surface area contributed by atoms with Crippen LogP contribution >= 0.6 is 0 Å². The zero-order chi connectivity index (χ0) is 17.3. The Labute approximate surface area is 141 Å². The molecule has 6 nitrogen and oxygen atoms in total. The van der Waals surface area contributed by atoms with Crippen molar-refractivity contribution in [2.24, 2.45) is 5.92 Å². The zero-order valence-corrected chi connectivity index (χ0v) is 14.5. The number of nitrogens with zero attached hydrogens (tertiary/aromatic N) is 4. The zero-order valence-electron chi connectivity index (χ0n) is 14.5. The summed E-state index contributed by atoms with van der Waals surface area (Å²) in [5.41, 5.74) is 0.305. The molecule has 1 atom stereocenters. The second-order valence-corrected chi connectivity index (χ2v) is 7.42. The number of aromatic nitrogens is 3. The van der Waals surface area contributed by atoms with E-state index in [9.17, 15) is 9.59 Å². The van der Waals surface area contributed by atoms with Crippen LogP contribution in [0.4, 0.5) is 0 Å². The number of rotatable bonds is 3. The van der Waals surface area contributed by atoms with Crippen molar-refractivity contribution >= 4 is 5.91 Å². The predicted octanol–water partition coefficient (Wildman–Crippen LogP) is 1.96. The Morgan fingerprint density at radius 2 is 1.96 bits per heavy atom. The van der Waals surface area contributed by atoms with Gasteiger partial charge in [-0.15, -0.1) is 0 Å². The van der Waals surface area contributed by atoms with E-state index in [1.54, 1.807) is 10.9 Å². The SMILES string of the molecule is CC(C)(C)n1ncn(C[C@@H]2CCN(C(=O)c3ccccc3)C2)c1=O. The lowest BCUT2D eigenvalue weighted by atomic mass is 10.1. The molecule has 0 bridgehead atoms. The summed E-state index contributed by atoms with van der Waals surface area (Å²) in [4.78, 5) is 26.8. The number of amides is 1. The highest BCUT2D eigenvalue weighted by Gasteiger charge is 2.28. The third-order valence-corrected chi connectivity index (χ3v) is 4.42. The molecule has 1 aromatic carbocycles. The molecular formula is C18H24N4O2. The molecule has 0 spiro atoms. The van der Waals surface area contributed by atoms with Gasteiger partial charge in [-0.1, -0.05) is 18.2 Å². The van der Waals surface area contributed by atoms with Gasteiger partial charge in [0.05, 0.1) is 5.54 Å². The van der Waals surface area contributed by atoms with Gasteiger partial charge in [-0.3, -0.25) is 9.36 Å². The van der Waals surface area contributed by atoms with Gasteiger partial charge in [0.2, 0.25) is 0 Å². The van der Waals surface area contributed by atoms with Crippen molar-refractivity contribution in [2.45, 2.75) is 39.3 Å². The normalized spacial score (nSPS) is 18.1. The molecule has 1 aliphatic heterocycles. The van der Waals surface area contributed by atoms with Gasteiger partial charge in [0, 0.05) is 25.2 Å². The molecule has 0 aliphatic carbocycles. The third-order valence-electron chi connectivity index (χ3n) is 4.42. The molecule has 2 aromatic rings. The third kappa shape index (κ3) is 3.27. The highest BCUT2D eigenvalue weighted by atomic mass is 16.2. The Morgan fingerprint density at radius 1 is 1.25 bits per heavy atom. The Hall–Kier alpha value is -2.37. The Kier molecular flexibility index (Phi) is 4.30. The fraction of sp³-hybridized carbons (Fsp3) is 0.500. The number of hydrogen-bond acceptors (Lipinski definition) is 3. The van der Waals surface area contributed by atoms with Crippen LogP contribution in [0, 0.1) is 5.92 Å². The topological polar surface area (TPSA) is 60.1 Å². The van der Waals surface area contributed by atoms with E-state index in [4.69, 9.17) is 0 Å². The van der Waals surface area contributed by atoms with E-state index < -0.39 is 0 Å². The van der Waals surface area contributed by atoms with Crippen LogP contribution in [0.25, 0.3) is 0 Å². The van der Waals surface area contributed by atoms with E-state index in [1.807, 2.05) is 56.0 Å². The number of hydrogen-bond donors (Lipinski definition) is 0. The largest absolute Gasteiger partial charge is 0.346 e. The summed E-state index contributed by atoms with van der Waals surface area (Å²) in [6.07, 6.45) is 2.51. The predicted molar refractivity (Wildman–Crippen MR) is 91.9 cm³/mol. The molecule has 0 unspecified atom stereocenters. The van der Waals surface area contributed by atoms with Gasteiger partial charge in [-0.25, -0.2) is 9.48 Å². The van der Waals surface area contributed by atoms with Gasteiger partial charge in [-0.05, 0) is 45.2 Å². The van der Waals surface area contributed by atoms with E-state index in [1.165, 1.54) is 4.68 Å². The lowest BCUT2D eigenvalue weighted by molar-refractivity contribution is 0.0786. The minimum atomic E-state index is -0.326. The van der Waals surface area contributed by atoms with Crippen LogP contribution in [0.15, 0.2) is 41.5 Å². The van der Waals surface area contributed by atoms with Crippen molar-refractivity contribution < 1.29 is 4.79 Å². The fourth-order valence-corrected chi connectivity index (χ4v) is 3.13. The molecule has 0 saturated carbocycles. The standard InChI is InChI=1S/C18H24N4O2/c1-18(2,3)22-17(24)21(13-19-22)12-14-9-10-20(11-14)16(23)15-7-5-4-6-8-15/h4-8,13-14H,9-12H2,1-3H3/t14-/m1/s1. The molecule has 0 radical (unpaired) electrons. The summed E-state index contributed by atoms with van der Waals surface area (Å²) in [7, 11) is 0. The van der Waals surface area contributed by atoms with Crippen molar-refractivity contribution in [3.8, 4) is 0 Å². The van der Waals surface area contributed by atoms with Gasteiger partial charge in [0.25, 0.3) is 5.91 Å². The van der Waals surface area contributed by atoms with Gasteiger partial charge in [0.1, 0.15) is 6.33 Å². The van der Waals surface area contributed by atoms with Crippen molar-refractivity contribution in [3.63, 3.8) is 0 Å². The van der Waals surface area contributed by atoms with E-state index in [0.29, 0.717) is 13.1 Å². The number of carbonyl (C=O) groups excluding carboxylic acids is 1. The van der Waals surface area contributed by atoms with Crippen LogP contribution in [-0.2, 0) is 12.1 Å². The quantitative estimate of drug-likeness (QED) is 0.865. The van der Waals surface area contributed by atoms with Crippen molar-refractivity contribution in [2.75, 3.05) is 13.1 Å². The summed E-state index contributed by atoms with van der Waals surface area (Å²) >= 11 is 0. The first-order valence-electron chi connectivity index (χ1n) is 8.35. The summed E-state index contributed by atoms with van der Waals surface area (Å²) in [5, 5.41) is 4.22. The average Bonchev–Trinajstić information content (AvgIpc) is 3.15. The van der Waals surface area contributed by atoms with Crippen molar-refractivity contribution in [1.82, 2.24) is 19.2 Å². The van der Waals surface area contributed by atoms with Crippen LogP contribution in [0.5, 0.6) is 0 Å². The minimum Gasteiger partial charge on any atom is -0.338 e. The highest BCUT2D eigenvalue weighted by Crippen LogP contribution is 2.20. The first-order valence-corrected chi connectivity index (χ1v) is 8.35. The molecule has 1 saturated heterocycles. The summed E-state index contributed by atoms with van der Waals surface area (Å²) in [6, 6.07) is 9.34. The Morgan fingerprint density at radius 3 is 2.58 bits per heavy atom. The monoisotopic (exact) mass is 328 g/mol. The maximum Gasteiger partial charge on any atom is 0.346 e. The van der Waals surface area contributed by atoms with Crippen LogP contribution in [-0.4, -0.2) is 38.2 Å². The molecule has 1 aromatic heterocycles. The molecular weight excluding hydrogens is 304 g/mol. The van der Waals surface area contributed by atoms with Gasteiger partial charge < -0.3 is 4.90 Å². The first kappa shape index (κ1) is 16.5. The summed E-state index contributed by atoms with van der Waals surface area (Å²) in [5.74, 6) is 0.351. The molecule has 24 heavy (non-hydrogen) atoms. The molecule has 0 N–H and O–H groups in total. The maximum atomic E-state index is 12.5. The van der Waals surface area contributed by atoms with Crippen LogP contribution < -0.4 is 5.69 Å². The van der Waals surface area contributed by atoms with Crippen LogP contribution in [0.1, 0.15) is 37.6 Å². The lowest BCUT2D eigenvalue weighted by Gasteiger charge is -2.17. The first-order chi connectivity index (χ1) is 11.4. The van der Waals surface area contributed by atoms with Gasteiger partial charge in [0.15, 0.2) is 0 Å². The van der Waals surface area contributed by atoms with E-state index in [2.05, 4.69) is 5.10 Å². The van der Waals surface area contributed by atoms with E-state index in [-0.39, 0.29) is 23.1 Å². The highest BCUT2D eigenvalue weighted by molar-refractivity contribution is 5.94. The van der Waals surface area contributed by atoms with Crippen LogP contribution in [0.2, 0.25) is 0 Å². The molecule has 2 heterocycles. The maximum absolute atomic E-state index is 12.5. The Bertz CT molecular complexity index is 770. The molecule has 1 amide bonds. The minimum absolute atomic E-state index is 0.0656. The summed E-state index contributed by atoms with van der Waals surface area (Å²) < 4.78 is 3.17. The van der Waals surface area contributed by atoms with Crippen molar-refractivity contribution in [1.29, 1.82) is 0 Å². The van der Waals surface area contributed by atoms with Gasteiger partial charge >= 0.3 is 5.69 Å². The molecule has 1 fully saturated rings.